The number of amides is 2. The molecule has 2 amide bonds. The van der Waals surface area contributed by atoms with Crippen molar-refractivity contribution in [1.82, 2.24) is 15.1 Å². The van der Waals surface area contributed by atoms with E-state index in [2.05, 4.69) is 34.1 Å². The van der Waals surface area contributed by atoms with Gasteiger partial charge in [-0.15, -0.1) is 10.2 Å². The first-order valence-electron chi connectivity index (χ1n) is 13.0. The van der Waals surface area contributed by atoms with Gasteiger partial charge in [0, 0.05) is 17.8 Å². The van der Waals surface area contributed by atoms with Crippen LogP contribution in [0.25, 0.3) is 0 Å². The predicted molar refractivity (Wildman–Crippen MR) is 146 cm³/mol. The summed E-state index contributed by atoms with van der Waals surface area (Å²) in [7, 11) is -3.87. The highest BCUT2D eigenvalue weighted by Crippen LogP contribution is 2.33. The fourth-order valence-electron chi connectivity index (χ4n) is 4.74. The molecule has 1 aromatic heterocycles. The van der Waals surface area contributed by atoms with E-state index in [9.17, 15) is 13.2 Å². The molecule has 0 atom stereocenters. The molecule has 11 heteroatoms. The number of carbonyl (C=O) groups is 1. The Morgan fingerprint density at radius 2 is 1.64 bits per heavy atom. The number of urea groups is 1. The summed E-state index contributed by atoms with van der Waals surface area (Å²) in [5, 5.41) is 10.8. The average Bonchev–Trinajstić information content (AvgIpc) is 3.36. The van der Waals surface area contributed by atoms with Gasteiger partial charge >= 0.3 is 6.03 Å². The maximum absolute atomic E-state index is 13.3. The molecular formula is C25H40N6O3S2. The maximum atomic E-state index is 13.3. The Hall–Kier alpha value is -2.24. The first kappa shape index (κ1) is 28.3. The molecule has 0 radical (unpaired) electrons. The summed E-state index contributed by atoms with van der Waals surface area (Å²) in [5.74, 6) is 0.704. The number of nitrogens with two attached hydrogens (primary N) is 1. The largest absolute Gasteiger partial charge is 0.330 e. The van der Waals surface area contributed by atoms with Gasteiger partial charge in [0.25, 0.3) is 14.4 Å². The lowest BCUT2D eigenvalue weighted by Gasteiger charge is -2.42. The van der Waals surface area contributed by atoms with Crippen molar-refractivity contribution >= 4 is 38.2 Å². The van der Waals surface area contributed by atoms with Crippen molar-refractivity contribution < 1.29 is 13.2 Å². The van der Waals surface area contributed by atoms with Crippen LogP contribution in [0.5, 0.6) is 0 Å². The van der Waals surface area contributed by atoms with Gasteiger partial charge in [-0.25, -0.2) is 4.79 Å². The Labute approximate surface area is 219 Å². The third-order valence-electron chi connectivity index (χ3n) is 6.75. The van der Waals surface area contributed by atoms with Gasteiger partial charge < -0.3 is 10.6 Å². The van der Waals surface area contributed by atoms with E-state index in [0.717, 1.165) is 75.7 Å². The van der Waals surface area contributed by atoms with Gasteiger partial charge in [0.05, 0.1) is 0 Å². The number of sulfonamides is 1. The Bertz CT molecular complexity index is 1030. The molecule has 2 aliphatic carbocycles. The van der Waals surface area contributed by atoms with E-state index >= 15 is 0 Å². The molecule has 1 aromatic carbocycles. The van der Waals surface area contributed by atoms with Crippen LogP contribution in [-0.2, 0) is 10.0 Å². The van der Waals surface area contributed by atoms with Crippen LogP contribution in [0.1, 0.15) is 78.1 Å². The molecule has 1 heterocycles. The number of rotatable bonds is 7. The van der Waals surface area contributed by atoms with E-state index in [0.29, 0.717) is 11.6 Å². The van der Waals surface area contributed by atoms with Crippen molar-refractivity contribution in [2.75, 3.05) is 16.6 Å². The van der Waals surface area contributed by atoms with Crippen molar-refractivity contribution in [3.8, 4) is 0 Å². The quantitative estimate of drug-likeness (QED) is 0.404. The summed E-state index contributed by atoms with van der Waals surface area (Å²) in [6.07, 6.45) is 10.9. The standard InChI is InChI=1S/C22H31N5O3S2.C3H9N/c1-16-12-14-19(15-13-16)27(18-10-6-3-7-11-18)21(28)23-20-24-25-22(31-20)32(29,30)26-17-8-4-2-5-9-17;1-2-3-4/h2,4-5,8-9,16,18-19,26H,3,6-7,10-15H2,1H3,(H,23,24,28);2-4H2,1H3/t16-,19-;. The highest BCUT2D eigenvalue weighted by molar-refractivity contribution is 7.94. The normalized spacial score (nSPS) is 20.6. The zero-order valence-electron chi connectivity index (χ0n) is 21.4. The SMILES string of the molecule is CCCN.C[C@H]1CC[C@H](N(C(=O)Nc2nnc(S(=O)(=O)Nc3ccccc3)s2)C2CCCCC2)CC1. The minimum atomic E-state index is -3.87. The summed E-state index contributed by atoms with van der Waals surface area (Å²) < 4.78 is 27.6. The lowest BCUT2D eigenvalue weighted by Crippen LogP contribution is -2.51. The Morgan fingerprint density at radius 1 is 1.03 bits per heavy atom. The minimum Gasteiger partial charge on any atom is -0.330 e. The summed E-state index contributed by atoms with van der Waals surface area (Å²) >= 11 is 0.867. The molecule has 2 fully saturated rings. The van der Waals surface area contributed by atoms with E-state index in [4.69, 9.17) is 5.73 Å². The third-order valence-corrected chi connectivity index (χ3v) is 9.33. The number of hydrogen-bond acceptors (Lipinski definition) is 7. The molecular weight excluding hydrogens is 496 g/mol. The Morgan fingerprint density at radius 3 is 2.25 bits per heavy atom. The molecule has 9 nitrogen and oxygen atoms in total. The number of hydrogen-bond donors (Lipinski definition) is 3. The number of benzene rings is 1. The molecule has 0 bridgehead atoms. The smallest absolute Gasteiger partial charge is 0.324 e. The second kappa shape index (κ2) is 13.9. The van der Waals surface area contributed by atoms with Crippen LogP contribution >= 0.6 is 11.3 Å². The molecule has 0 aliphatic heterocycles. The van der Waals surface area contributed by atoms with Crippen molar-refractivity contribution in [1.29, 1.82) is 0 Å². The van der Waals surface area contributed by atoms with Gasteiger partial charge in [-0.3, -0.25) is 10.0 Å². The van der Waals surface area contributed by atoms with E-state index < -0.39 is 10.0 Å². The van der Waals surface area contributed by atoms with E-state index in [1.165, 1.54) is 6.42 Å². The molecule has 2 aromatic rings. The molecule has 0 spiro atoms. The molecule has 2 saturated carbocycles. The van der Waals surface area contributed by atoms with Gasteiger partial charge in [0.2, 0.25) is 5.13 Å². The predicted octanol–water partition coefficient (Wildman–Crippen LogP) is 5.44. The molecule has 200 valence electrons. The molecule has 0 unspecified atom stereocenters. The van der Waals surface area contributed by atoms with Crippen molar-refractivity contribution in [2.45, 2.75) is 94.5 Å². The first-order chi connectivity index (χ1) is 17.3. The van der Waals surface area contributed by atoms with Gasteiger partial charge in [-0.2, -0.15) is 8.42 Å². The highest BCUT2D eigenvalue weighted by Gasteiger charge is 2.34. The van der Waals surface area contributed by atoms with Crippen LogP contribution in [0, 0.1) is 5.92 Å². The van der Waals surface area contributed by atoms with Crippen molar-refractivity contribution in [3.63, 3.8) is 0 Å². The Balaban J connectivity index is 0.000000840. The Kier molecular flexibility index (Phi) is 10.9. The van der Waals surface area contributed by atoms with Crippen molar-refractivity contribution in [3.05, 3.63) is 30.3 Å². The summed E-state index contributed by atoms with van der Waals surface area (Å²) in [4.78, 5) is 15.4. The molecule has 36 heavy (non-hydrogen) atoms. The lowest BCUT2D eigenvalue weighted by molar-refractivity contribution is 0.105. The molecule has 4 rings (SSSR count). The zero-order chi connectivity index (χ0) is 26.0. The maximum Gasteiger partial charge on any atom is 0.324 e. The average molecular weight is 537 g/mol. The molecule has 2 aliphatic rings. The lowest BCUT2D eigenvalue weighted by atomic mass is 9.84. The summed E-state index contributed by atoms with van der Waals surface area (Å²) in [6, 6.07) is 8.89. The first-order valence-corrected chi connectivity index (χ1v) is 15.3. The number of aromatic nitrogens is 2. The minimum absolute atomic E-state index is 0.174. The van der Waals surface area contributed by atoms with Crippen LogP contribution in [0.2, 0.25) is 0 Å². The zero-order valence-corrected chi connectivity index (χ0v) is 23.0. The van der Waals surface area contributed by atoms with Crippen LogP contribution in [-0.4, -0.2) is 48.2 Å². The van der Waals surface area contributed by atoms with Gasteiger partial charge in [0.1, 0.15) is 0 Å². The summed E-state index contributed by atoms with van der Waals surface area (Å²) in [5.41, 5.74) is 5.48. The van der Waals surface area contributed by atoms with Crippen molar-refractivity contribution in [2.24, 2.45) is 11.7 Å². The molecule has 4 N–H and O–H groups in total. The number of anilines is 2. The topological polar surface area (TPSA) is 130 Å². The number of carbonyl (C=O) groups excluding carboxylic acids is 1. The third kappa shape index (κ3) is 8.14. The highest BCUT2D eigenvalue weighted by atomic mass is 32.2. The van der Waals surface area contributed by atoms with Gasteiger partial charge in [-0.1, -0.05) is 62.6 Å². The second-order valence-electron chi connectivity index (χ2n) is 9.68. The number of nitrogens with one attached hydrogen (secondary N) is 2. The van der Waals surface area contributed by atoms with E-state index in [-0.39, 0.29) is 27.6 Å². The van der Waals surface area contributed by atoms with E-state index in [1.54, 1.807) is 30.3 Å². The van der Waals surface area contributed by atoms with E-state index in [1.807, 2.05) is 4.90 Å². The van der Waals surface area contributed by atoms with Crippen LogP contribution in [0.3, 0.4) is 0 Å². The van der Waals surface area contributed by atoms with Gasteiger partial charge in [0.15, 0.2) is 0 Å². The van der Waals surface area contributed by atoms with Crippen LogP contribution < -0.4 is 15.8 Å². The molecule has 0 saturated heterocycles. The van der Waals surface area contributed by atoms with Gasteiger partial charge in [-0.05, 0) is 69.5 Å². The van der Waals surface area contributed by atoms with Crippen LogP contribution in [0.15, 0.2) is 34.7 Å². The number of para-hydroxylation sites is 1. The monoisotopic (exact) mass is 536 g/mol. The number of nitrogens with zero attached hydrogens (tertiary/aromatic N) is 3. The summed E-state index contributed by atoms with van der Waals surface area (Å²) in [6.45, 7) is 5.15. The fraction of sp³-hybridized carbons (Fsp3) is 0.640. The fourth-order valence-corrected chi connectivity index (χ4v) is 6.69. The second-order valence-corrected chi connectivity index (χ2v) is 12.5. The van der Waals surface area contributed by atoms with Crippen LogP contribution in [0.4, 0.5) is 15.6 Å².